The van der Waals surface area contributed by atoms with Gasteiger partial charge >= 0.3 is 0 Å². The van der Waals surface area contributed by atoms with Gasteiger partial charge < -0.3 is 0 Å². The molecule has 0 aliphatic carbocycles. The van der Waals surface area contributed by atoms with E-state index in [1.807, 2.05) is 0 Å². The first-order chi connectivity index (χ1) is 19.9. The van der Waals surface area contributed by atoms with E-state index < -0.39 is 0 Å². The highest BCUT2D eigenvalue weighted by Gasteiger charge is 1.99. The van der Waals surface area contributed by atoms with Crippen molar-refractivity contribution in [1.82, 2.24) is 0 Å². The van der Waals surface area contributed by atoms with Crippen molar-refractivity contribution in [3.8, 4) is 0 Å². The highest BCUT2D eigenvalue weighted by molar-refractivity contribution is 8.11. The molecule has 0 saturated carbocycles. The summed E-state index contributed by atoms with van der Waals surface area (Å²) in [6.07, 6.45) is 53.8. The van der Waals surface area contributed by atoms with Crippen molar-refractivity contribution < 1.29 is 0 Å². The van der Waals surface area contributed by atoms with Crippen LogP contribution in [0.4, 0.5) is 0 Å². The maximum Gasteiger partial charge on any atom is 0.0569 e. The SMILES string of the molecule is CCCCCCCCCCCCCCCCCCCP[PH2+]CCCCCCCCCCCCCCCCCCC. The molecule has 242 valence electrons. The van der Waals surface area contributed by atoms with E-state index >= 15 is 0 Å². The molecule has 0 aliphatic rings. The second-order valence-electron chi connectivity index (χ2n) is 13.3. The Morgan fingerprint density at radius 3 is 0.775 bits per heavy atom. The van der Waals surface area contributed by atoms with Crippen LogP contribution in [0.15, 0.2) is 0 Å². The van der Waals surface area contributed by atoms with Crippen LogP contribution in [0.1, 0.15) is 232 Å². The molecule has 0 saturated heterocycles. The Labute approximate surface area is 260 Å². The van der Waals surface area contributed by atoms with E-state index in [9.17, 15) is 0 Å². The van der Waals surface area contributed by atoms with Crippen molar-refractivity contribution in [3.05, 3.63) is 0 Å². The predicted octanol–water partition coefficient (Wildman–Crippen LogP) is 15.3. The summed E-state index contributed by atoms with van der Waals surface area (Å²) in [7, 11) is 2.13. The van der Waals surface area contributed by atoms with Crippen LogP contribution in [-0.4, -0.2) is 12.3 Å². The zero-order valence-electron chi connectivity index (χ0n) is 28.5. The van der Waals surface area contributed by atoms with E-state index in [0.717, 1.165) is 8.27 Å². The molecular formula is C38H81P2+. The lowest BCUT2D eigenvalue weighted by atomic mass is 10.0. The maximum atomic E-state index is 2.31. The summed E-state index contributed by atoms with van der Waals surface area (Å²) in [6, 6.07) is 0. The minimum Gasteiger partial charge on any atom is -0.0654 e. The van der Waals surface area contributed by atoms with Gasteiger partial charge in [-0.05, 0) is 25.4 Å². The van der Waals surface area contributed by atoms with Crippen LogP contribution in [-0.2, 0) is 0 Å². The predicted molar refractivity (Wildman–Crippen MR) is 196 cm³/mol. The summed E-state index contributed by atoms with van der Waals surface area (Å²) in [5.74, 6) is 0. The van der Waals surface area contributed by atoms with Gasteiger partial charge in [0, 0.05) is 16.5 Å². The van der Waals surface area contributed by atoms with Gasteiger partial charge in [0.15, 0.2) is 0 Å². The molecular weight excluding hydrogens is 518 g/mol. The zero-order valence-corrected chi connectivity index (χ0v) is 30.7. The molecule has 0 spiro atoms. The number of hydrogen-bond donors (Lipinski definition) is 0. The number of unbranched alkanes of at least 4 members (excludes halogenated alkanes) is 32. The third-order valence-corrected chi connectivity index (χ3v) is 13.2. The topological polar surface area (TPSA) is 0 Å². The van der Waals surface area contributed by atoms with E-state index in [4.69, 9.17) is 0 Å². The molecule has 0 bridgehead atoms. The molecule has 0 rings (SSSR count). The quantitative estimate of drug-likeness (QED) is 0.0492. The standard InChI is InChI=1S/C38H80P2/c1-3-5-7-9-11-13-15-17-19-21-23-25-27-29-31-33-35-37-39-40-38-36-34-32-30-28-26-24-22-20-18-16-14-12-10-8-6-4-2/h39-40H,3-38H2,1-2H3/p+1. The third-order valence-electron chi connectivity index (χ3n) is 9.02. The van der Waals surface area contributed by atoms with Crippen LogP contribution < -0.4 is 0 Å². The zero-order chi connectivity index (χ0) is 28.9. The van der Waals surface area contributed by atoms with Crippen molar-refractivity contribution in [3.63, 3.8) is 0 Å². The summed E-state index contributed by atoms with van der Waals surface area (Å²) in [5, 5.41) is 0. The van der Waals surface area contributed by atoms with Crippen molar-refractivity contribution in [2.75, 3.05) is 12.3 Å². The lowest BCUT2D eigenvalue weighted by Crippen LogP contribution is -1.84. The lowest BCUT2D eigenvalue weighted by Gasteiger charge is -2.04. The summed E-state index contributed by atoms with van der Waals surface area (Å²) >= 11 is 0. The number of rotatable bonds is 37. The van der Waals surface area contributed by atoms with Crippen LogP contribution in [0, 0.1) is 0 Å². The Hall–Kier alpha value is 0.860. The van der Waals surface area contributed by atoms with Crippen molar-refractivity contribution in [2.45, 2.75) is 232 Å². The van der Waals surface area contributed by atoms with E-state index in [-0.39, 0.29) is 0 Å². The molecule has 0 aromatic heterocycles. The van der Waals surface area contributed by atoms with E-state index in [2.05, 4.69) is 13.8 Å². The molecule has 0 aromatic carbocycles. The Bertz CT molecular complexity index is 372. The van der Waals surface area contributed by atoms with Gasteiger partial charge in [-0.25, -0.2) is 0 Å². The molecule has 2 heteroatoms. The second kappa shape index (κ2) is 39.9. The van der Waals surface area contributed by atoms with Gasteiger partial charge in [0.05, 0.1) is 6.16 Å². The Balaban J connectivity index is 3.01. The Morgan fingerprint density at radius 2 is 0.500 bits per heavy atom. The van der Waals surface area contributed by atoms with Crippen LogP contribution in [0.2, 0.25) is 0 Å². The normalized spacial score (nSPS) is 12.2. The molecule has 0 nitrogen and oxygen atoms in total. The van der Waals surface area contributed by atoms with Gasteiger partial charge in [0.1, 0.15) is 0 Å². The van der Waals surface area contributed by atoms with Gasteiger partial charge in [0.25, 0.3) is 0 Å². The van der Waals surface area contributed by atoms with Gasteiger partial charge in [0.2, 0.25) is 0 Å². The molecule has 0 N–H and O–H groups in total. The second-order valence-corrected chi connectivity index (χ2v) is 17.6. The summed E-state index contributed by atoms with van der Waals surface area (Å²) in [4.78, 5) is 0. The van der Waals surface area contributed by atoms with Crippen LogP contribution in [0.3, 0.4) is 0 Å². The molecule has 2 unspecified atom stereocenters. The molecule has 0 aromatic rings. The van der Waals surface area contributed by atoms with Crippen molar-refractivity contribution in [2.24, 2.45) is 0 Å². The molecule has 40 heavy (non-hydrogen) atoms. The third kappa shape index (κ3) is 38.9. The highest BCUT2D eigenvalue weighted by atomic mass is 32.0. The van der Waals surface area contributed by atoms with E-state index in [1.54, 1.807) is 18.7 Å². The molecule has 0 aliphatic heterocycles. The van der Waals surface area contributed by atoms with Gasteiger partial charge in [-0.2, -0.15) is 0 Å². The fraction of sp³-hybridized carbons (Fsp3) is 1.00. The van der Waals surface area contributed by atoms with Gasteiger partial charge in [-0.1, -0.05) is 213 Å². The first-order valence-corrected chi connectivity index (χ1v) is 23.3. The summed E-state index contributed by atoms with van der Waals surface area (Å²) in [6.45, 7) is 4.62. The van der Waals surface area contributed by atoms with Crippen LogP contribution in [0.5, 0.6) is 0 Å². The monoisotopic (exact) mass is 600 g/mol. The van der Waals surface area contributed by atoms with Crippen molar-refractivity contribution in [1.29, 1.82) is 0 Å². The minimum atomic E-state index is 0.794. The van der Waals surface area contributed by atoms with E-state index in [1.165, 1.54) is 220 Å². The van der Waals surface area contributed by atoms with E-state index in [0.29, 0.717) is 0 Å². The molecule has 0 fully saturated rings. The lowest BCUT2D eigenvalue weighted by molar-refractivity contribution is 0.529. The average molecular weight is 600 g/mol. The first-order valence-electron chi connectivity index (χ1n) is 19.5. The van der Waals surface area contributed by atoms with Gasteiger partial charge in [-0.15, -0.1) is 0 Å². The Kier molecular flexibility index (Phi) is 40.7. The molecule has 0 heterocycles. The summed E-state index contributed by atoms with van der Waals surface area (Å²) < 4.78 is 0. The smallest absolute Gasteiger partial charge is 0.0569 e. The molecule has 0 radical (unpaired) electrons. The number of hydrogen-bond acceptors (Lipinski definition) is 0. The summed E-state index contributed by atoms with van der Waals surface area (Å²) in [5.41, 5.74) is 0. The fourth-order valence-electron chi connectivity index (χ4n) is 6.13. The molecule has 2 atom stereocenters. The Morgan fingerprint density at radius 1 is 0.275 bits per heavy atom. The minimum absolute atomic E-state index is 0.794. The first kappa shape index (κ1) is 40.9. The van der Waals surface area contributed by atoms with Gasteiger partial charge in [-0.3, -0.25) is 0 Å². The van der Waals surface area contributed by atoms with Crippen molar-refractivity contribution >= 4 is 16.5 Å². The van der Waals surface area contributed by atoms with Crippen LogP contribution >= 0.6 is 16.5 Å². The highest BCUT2D eigenvalue weighted by Crippen LogP contribution is 2.38. The maximum absolute atomic E-state index is 2.31. The fourth-order valence-corrected chi connectivity index (χ4v) is 9.93. The largest absolute Gasteiger partial charge is 0.0654 e. The van der Waals surface area contributed by atoms with Crippen LogP contribution in [0.25, 0.3) is 0 Å². The molecule has 0 amide bonds. The average Bonchev–Trinajstić information content (AvgIpc) is 2.97.